The average molecular weight is 469 g/mol. The van der Waals surface area contributed by atoms with E-state index in [4.69, 9.17) is 21.6 Å². The van der Waals surface area contributed by atoms with E-state index in [1.165, 1.54) is 0 Å². The van der Waals surface area contributed by atoms with Crippen LogP contribution in [0.4, 0.5) is 11.4 Å². The number of likely N-dealkylation sites (N-methyl/N-ethyl adjacent to an activating group) is 1. The minimum Gasteiger partial charge on any atom is -0.352 e. The summed E-state index contributed by atoms with van der Waals surface area (Å²) in [5, 5.41) is 5.06. The van der Waals surface area contributed by atoms with Gasteiger partial charge >= 0.3 is 0 Å². The number of aromatic nitrogens is 3. The molecule has 1 aromatic heterocycles. The molecule has 0 fully saturated rings. The Morgan fingerprint density at radius 2 is 1.82 bits per heavy atom. The minimum atomic E-state index is 0.683. The fourth-order valence-corrected chi connectivity index (χ4v) is 4.03. The van der Waals surface area contributed by atoms with E-state index >= 15 is 0 Å². The summed E-state index contributed by atoms with van der Waals surface area (Å²) in [4.78, 5) is 16.3. The number of para-hydroxylation sites is 2. The second-order valence-corrected chi connectivity index (χ2v) is 8.76. The van der Waals surface area contributed by atoms with Crippen LogP contribution in [0.3, 0.4) is 0 Å². The molecule has 34 heavy (non-hydrogen) atoms. The van der Waals surface area contributed by atoms with Crippen molar-refractivity contribution in [1.82, 2.24) is 19.4 Å². The molecule has 0 amide bonds. The summed E-state index contributed by atoms with van der Waals surface area (Å²) in [5.41, 5.74) is 6.58. The minimum absolute atomic E-state index is 0.683. The summed E-state index contributed by atoms with van der Waals surface area (Å²) in [7, 11) is 4.10. The molecule has 1 aliphatic heterocycles. The van der Waals surface area contributed by atoms with Gasteiger partial charge in [0.25, 0.3) is 0 Å². The number of benzene rings is 3. The molecule has 0 radical (unpaired) electrons. The summed E-state index contributed by atoms with van der Waals surface area (Å²) < 4.78 is 2.22. The third-order valence-electron chi connectivity index (χ3n) is 5.55. The predicted octanol–water partition coefficient (Wildman–Crippen LogP) is 5.38. The highest BCUT2D eigenvalue weighted by Gasteiger charge is 2.16. The lowest BCUT2D eigenvalue weighted by molar-refractivity contribution is 0.419. The highest BCUT2D eigenvalue weighted by molar-refractivity contribution is 6.30. The monoisotopic (exact) mass is 468 g/mol. The molecule has 0 spiro atoms. The van der Waals surface area contributed by atoms with Crippen LogP contribution in [0, 0.1) is 0 Å². The first kappa shape index (κ1) is 22.1. The summed E-state index contributed by atoms with van der Waals surface area (Å²) in [6.07, 6.45) is 3.56. The van der Waals surface area contributed by atoms with Crippen molar-refractivity contribution < 1.29 is 0 Å². The van der Waals surface area contributed by atoms with Crippen LogP contribution < -0.4 is 10.7 Å². The van der Waals surface area contributed by atoms with Gasteiger partial charge in [0.1, 0.15) is 0 Å². The average Bonchev–Trinajstić information content (AvgIpc) is 2.84. The van der Waals surface area contributed by atoms with Gasteiger partial charge < -0.3 is 14.8 Å². The van der Waals surface area contributed by atoms with Crippen LogP contribution in [0.25, 0.3) is 28.1 Å². The van der Waals surface area contributed by atoms with Gasteiger partial charge in [-0.05, 0) is 74.8 Å². The SMILES string of the molecule is CN(C)CCN=c1cc2n(-c3ccc(Cl)cc3)c3ccccc3nc-2cc1Nc1cccnc1. The molecule has 0 saturated heterocycles. The molecule has 170 valence electrons. The summed E-state index contributed by atoms with van der Waals surface area (Å²) in [6, 6.07) is 24.1. The molecule has 2 heterocycles. The van der Waals surface area contributed by atoms with E-state index in [0.717, 1.165) is 51.4 Å². The van der Waals surface area contributed by atoms with Gasteiger partial charge in [-0.2, -0.15) is 0 Å². The fourth-order valence-electron chi connectivity index (χ4n) is 3.90. The summed E-state index contributed by atoms with van der Waals surface area (Å²) in [6.45, 7) is 1.54. The number of anilines is 2. The van der Waals surface area contributed by atoms with E-state index in [2.05, 4.69) is 52.1 Å². The van der Waals surface area contributed by atoms with Crippen LogP contribution in [-0.2, 0) is 0 Å². The van der Waals surface area contributed by atoms with Gasteiger partial charge in [-0.15, -0.1) is 0 Å². The first-order chi connectivity index (χ1) is 16.6. The number of nitrogens with one attached hydrogen (secondary N) is 1. The van der Waals surface area contributed by atoms with Gasteiger partial charge in [0, 0.05) is 23.5 Å². The Kier molecular flexibility index (Phi) is 6.25. The van der Waals surface area contributed by atoms with Gasteiger partial charge in [-0.3, -0.25) is 9.98 Å². The van der Waals surface area contributed by atoms with Crippen LogP contribution in [-0.4, -0.2) is 46.6 Å². The lowest BCUT2D eigenvalue weighted by Gasteiger charge is -2.20. The van der Waals surface area contributed by atoms with Crippen LogP contribution in [0.15, 0.2) is 90.2 Å². The van der Waals surface area contributed by atoms with Crippen molar-refractivity contribution in [3.05, 3.63) is 95.6 Å². The molecule has 1 aliphatic carbocycles. The normalized spacial score (nSPS) is 12.1. The number of hydrogen-bond acceptors (Lipinski definition) is 5. The number of rotatable bonds is 6. The van der Waals surface area contributed by atoms with Crippen molar-refractivity contribution in [3.8, 4) is 17.1 Å². The molecular weight excluding hydrogens is 444 g/mol. The molecular formula is C27H25ClN6. The number of halogens is 1. The summed E-state index contributed by atoms with van der Waals surface area (Å²) >= 11 is 6.19. The molecule has 3 aromatic rings. The Morgan fingerprint density at radius 3 is 2.59 bits per heavy atom. The second-order valence-electron chi connectivity index (χ2n) is 8.32. The third kappa shape index (κ3) is 4.64. The third-order valence-corrected chi connectivity index (χ3v) is 5.80. The molecule has 0 atom stereocenters. The zero-order chi connectivity index (χ0) is 23.5. The maximum Gasteiger partial charge on any atom is 0.0900 e. The Bertz CT molecular complexity index is 1460. The lowest BCUT2D eigenvalue weighted by Crippen LogP contribution is -2.19. The number of hydrogen-bond donors (Lipinski definition) is 1. The molecule has 0 bridgehead atoms. The molecule has 7 heteroatoms. The first-order valence-corrected chi connectivity index (χ1v) is 11.5. The second kappa shape index (κ2) is 9.63. The zero-order valence-electron chi connectivity index (χ0n) is 19.1. The highest BCUT2D eigenvalue weighted by atomic mass is 35.5. The number of fused-ring (bicyclic) bond motifs is 2. The molecule has 5 rings (SSSR count). The van der Waals surface area contributed by atoms with Gasteiger partial charge in [0.15, 0.2) is 0 Å². The standard InChI is InChI=1S/C27H25ClN6/c1-33(2)15-14-30-23-17-27-25(16-24(23)31-20-6-5-13-29-18-20)32-22-7-3-4-8-26(22)34(27)21-11-9-19(28)10-12-21/h3-13,16-18,31H,14-15H2,1-2H3. The zero-order valence-corrected chi connectivity index (χ0v) is 19.9. The van der Waals surface area contributed by atoms with E-state index in [0.29, 0.717) is 11.6 Å². The molecule has 0 saturated carbocycles. The van der Waals surface area contributed by atoms with Crippen molar-refractivity contribution in [1.29, 1.82) is 0 Å². The maximum absolute atomic E-state index is 6.19. The van der Waals surface area contributed by atoms with Gasteiger partial charge in [-0.1, -0.05) is 23.7 Å². The van der Waals surface area contributed by atoms with E-state index in [1.54, 1.807) is 12.4 Å². The predicted molar refractivity (Wildman–Crippen MR) is 139 cm³/mol. The van der Waals surface area contributed by atoms with Crippen LogP contribution in [0.2, 0.25) is 5.02 Å². The Balaban J connectivity index is 1.77. The van der Waals surface area contributed by atoms with Crippen molar-refractivity contribution in [3.63, 3.8) is 0 Å². The van der Waals surface area contributed by atoms with Gasteiger partial charge in [0.05, 0.1) is 51.9 Å². The Hall–Kier alpha value is -3.74. The molecule has 2 aromatic carbocycles. The quantitative estimate of drug-likeness (QED) is 0.340. The lowest BCUT2D eigenvalue weighted by atomic mass is 10.1. The topological polar surface area (TPSA) is 58.3 Å². The largest absolute Gasteiger partial charge is 0.352 e. The Labute approximate surface area is 203 Å². The van der Waals surface area contributed by atoms with E-state index in [1.807, 2.05) is 54.6 Å². The smallest absolute Gasteiger partial charge is 0.0900 e. The van der Waals surface area contributed by atoms with Crippen molar-refractivity contribution in [2.45, 2.75) is 0 Å². The number of pyridine rings is 1. The highest BCUT2D eigenvalue weighted by Crippen LogP contribution is 2.30. The van der Waals surface area contributed by atoms with Crippen LogP contribution in [0.1, 0.15) is 0 Å². The van der Waals surface area contributed by atoms with Crippen molar-refractivity contribution in [2.75, 3.05) is 32.5 Å². The van der Waals surface area contributed by atoms with Crippen LogP contribution in [0.5, 0.6) is 0 Å². The summed E-state index contributed by atoms with van der Waals surface area (Å²) in [5.74, 6) is 0. The molecule has 2 aliphatic rings. The molecule has 6 nitrogen and oxygen atoms in total. The fraction of sp³-hybridized carbons (Fsp3) is 0.148. The van der Waals surface area contributed by atoms with Crippen molar-refractivity contribution >= 4 is 34.0 Å². The van der Waals surface area contributed by atoms with E-state index in [9.17, 15) is 0 Å². The van der Waals surface area contributed by atoms with Gasteiger partial charge in [0.2, 0.25) is 0 Å². The maximum atomic E-state index is 6.19. The van der Waals surface area contributed by atoms with Crippen LogP contribution >= 0.6 is 11.6 Å². The van der Waals surface area contributed by atoms with E-state index < -0.39 is 0 Å². The van der Waals surface area contributed by atoms with Gasteiger partial charge in [-0.25, -0.2) is 4.98 Å². The molecule has 1 N–H and O–H groups in total. The Morgan fingerprint density at radius 1 is 1.00 bits per heavy atom. The van der Waals surface area contributed by atoms with E-state index in [-0.39, 0.29) is 0 Å². The first-order valence-electron chi connectivity index (χ1n) is 11.1. The number of nitrogens with zero attached hydrogens (tertiary/aromatic N) is 5. The molecule has 0 unspecified atom stereocenters. The van der Waals surface area contributed by atoms with Crippen molar-refractivity contribution in [2.24, 2.45) is 4.99 Å².